The molecule has 0 unspecified atom stereocenters. The summed E-state index contributed by atoms with van der Waals surface area (Å²) < 4.78 is 30.7. The van der Waals surface area contributed by atoms with Crippen molar-refractivity contribution in [3.8, 4) is 5.75 Å². The van der Waals surface area contributed by atoms with Gasteiger partial charge in [0.05, 0.1) is 0 Å². The molecule has 20 heavy (non-hydrogen) atoms. The molecular formula is C15H13F2NO2. The van der Waals surface area contributed by atoms with Crippen molar-refractivity contribution in [2.45, 2.75) is 6.92 Å². The van der Waals surface area contributed by atoms with E-state index in [2.05, 4.69) is 5.32 Å². The largest absolute Gasteiger partial charge is 0.484 e. The Morgan fingerprint density at radius 3 is 2.45 bits per heavy atom. The average Bonchev–Trinajstić information content (AvgIpc) is 2.43. The number of hydrogen-bond donors (Lipinski definition) is 1. The quantitative estimate of drug-likeness (QED) is 0.931. The molecule has 0 heterocycles. The van der Waals surface area contributed by atoms with E-state index in [1.165, 1.54) is 6.07 Å². The van der Waals surface area contributed by atoms with E-state index in [1.807, 2.05) is 19.1 Å². The average molecular weight is 277 g/mol. The number of carbonyl (C=O) groups excluding carboxylic acids is 1. The van der Waals surface area contributed by atoms with Crippen LogP contribution in [0.1, 0.15) is 5.56 Å². The fourth-order valence-corrected chi connectivity index (χ4v) is 1.55. The fraction of sp³-hybridized carbons (Fsp3) is 0.133. The van der Waals surface area contributed by atoms with Gasteiger partial charge in [0.15, 0.2) is 18.2 Å². The second-order valence-electron chi connectivity index (χ2n) is 4.28. The van der Waals surface area contributed by atoms with Crippen molar-refractivity contribution in [1.29, 1.82) is 0 Å². The van der Waals surface area contributed by atoms with Gasteiger partial charge in [-0.25, -0.2) is 8.78 Å². The molecule has 0 fully saturated rings. The highest BCUT2D eigenvalue weighted by atomic mass is 19.2. The first kappa shape index (κ1) is 14.0. The van der Waals surface area contributed by atoms with Crippen LogP contribution in [0.2, 0.25) is 0 Å². The Kier molecular flexibility index (Phi) is 4.30. The minimum atomic E-state index is -1.01. The first-order chi connectivity index (χ1) is 9.54. The third-order valence-electron chi connectivity index (χ3n) is 2.60. The number of ether oxygens (including phenoxy) is 1. The highest BCUT2D eigenvalue weighted by Gasteiger charge is 2.06. The highest BCUT2D eigenvalue weighted by molar-refractivity contribution is 5.91. The van der Waals surface area contributed by atoms with E-state index in [4.69, 9.17) is 4.74 Å². The maximum Gasteiger partial charge on any atom is 0.262 e. The second kappa shape index (κ2) is 6.14. The molecule has 104 valence electrons. The predicted octanol–water partition coefficient (Wildman–Crippen LogP) is 3.29. The van der Waals surface area contributed by atoms with Gasteiger partial charge in [-0.1, -0.05) is 17.7 Å². The van der Waals surface area contributed by atoms with Crippen LogP contribution in [0, 0.1) is 18.6 Å². The molecule has 2 aromatic rings. The van der Waals surface area contributed by atoms with Crippen LogP contribution < -0.4 is 10.1 Å². The van der Waals surface area contributed by atoms with Gasteiger partial charge in [-0.2, -0.15) is 0 Å². The zero-order valence-electron chi connectivity index (χ0n) is 10.8. The summed E-state index contributed by atoms with van der Waals surface area (Å²) in [5.74, 6) is -2.25. The number of rotatable bonds is 4. The molecule has 0 saturated heterocycles. The molecule has 0 radical (unpaired) electrons. The lowest BCUT2D eigenvalue weighted by Gasteiger charge is -2.08. The third-order valence-corrected chi connectivity index (χ3v) is 2.60. The van der Waals surface area contributed by atoms with E-state index in [-0.39, 0.29) is 18.3 Å². The van der Waals surface area contributed by atoms with E-state index in [0.717, 1.165) is 17.7 Å². The summed E-state index contributed by atoms with van der Waals surface area (Å²) in [6.45, 7) is 1.66. The number of carbonyl (C=O) groups is 1. The van der Waals surface area contributed by atoms with Crippen molar-refractivity contribution in [2.75, 3.05) is 11.9 Å². The lowest BCUT2D eigenvalue weighted by atomic mass is 10.2. The molecule has 1 N–H and O–H groups in total. The van der Waals surface area contributed by atoms with Crippen molar-refractivity contribution in [1.82, 2.24) is 0 Å². The van der Waals surface area contributed by atoms with Crippen molar-refractivity contribution < 1.29 is 18.3 Å². The number of benzene rings is 2. The van der Waals surface area contributed by atoms with Gasteiger partial charge in [-0.05, 0) is 31.2 Å². The summed E-state index contributed by atoms with van der Waals surface area (Å²) in [6.07, 6.45) is 0. The molecule has 0 spiro atoms. The molecule has 0 aromatic heterocycles. The van der Waals surface area contributed by atoms with Gasteiger partial charge in [-0.15, -0.1) is 0 Å². The molecule has 0 bridgehead atoms. The summed E-state index contributed by atoms with van der Waals surface area (Å²) in [5.41, 5.74) is 1.73. The minimum Gasteiger partial charge on any atom is -0.484 e. The van der Waals surface area contributed by atoms with Crippen LogP contribution in [0.3, 0.4) is 0 Å². The molecule has 1 amide bonds. The van der Waals surface area contributed by atoms with Gasteiger partial charge in [0, 0.05) is 11.8 Å². The van der Waals surface area contributed by atoms with Crippen molar-refractivity contribution in [3.05, 3.63) is 59.7 Å². The van der Waals surface area contributed by atoms with Gasteiger partial charge < -0.3 is 10.1 Å². The topological polar surface area (TPSA) is 38.3 Å². The number of aryl methyl sites for hydroxylation is 1. The van der Waals surface area contributed by atoms with Gasteiger partial charge in [0.1, 0.15) is 5.75 Å². The maximum atomic E-state index is 12.9. The summed E-state index contributed by atoms with van der Waals surface area (Å²) in [7, 11) is 0. The number of halogens is 2. The van der Waals surface area contributed by atoms with E-state index in [9.17, 15) is 13.6 Å². The minimum absolute atomic E-state index is 0.1000. The molecule has 0 atom stereocenters. The lowest BCUT2D eigenvalue weighted by molar-refractivity contribution is -0.118. The SMILES string of the molecule is Cc1ccc(NC(=O)COc2ccc(F)c(F)c2)cc1. The Morgan fingerprint density at radius 2 is 1.80 bits per heavy atom. The van der Waals surface area contributed by atoms with E-state index < -0.39 is 11.6 Å². The Morgan fingerprint density at radius 1 is 1.10 bits per heavy atom. The van der Waals surface area contributed by atoms with Crippen molar-refractivity contribution in [3.63, 3.8) is 0 Å². The smallest absolute Gasteiger partial charge is 0.262 e. The third kappa shape index (κ3) is 3.78. The molecule has 2 aromatic carbocycles. The van der Waals surface area contributed by atoms with Crippen LogP contribution in [0.15, 0.2) is 42.5 Å². The summed E-state index contributed by atoms with van der Waals surface area (Å²) in [5, 5.41) is 2.63. The normalized spacial score (nSPS) is 10.2. The Labute approximate surface area is 115 Å². The molecule has 0 aliphatic rings. The standard InChI is InChI=1S/C15H13F2NO2/c1-10-2-4-11(5-3-10)18-15(19)9-20-12-6-7-13(16)14(17)8-12/h2-8H,9H2,1H3,(H,18,19). The zero-order valence-corrected chi connectivity index (χ0v) is 10.8. The zero-order chi connectivity index (χ0) is 14.5. The maximum absolute atomic E-state index is 12.9. The van der Waals surface area contributed by atoms with Gasteiger partial charge in [0.2, 0.25) is 0 Å². The Hall–Kier alpha value is -2.43. The molecule has 0 aliphatic carbocycles. The van der Waals surface area contributed by atoms with Crippen LogP contribution in [-0.4, -0.2) is 12.5 Å². The first-order valence-electron chi connectivity index (χ1n) is 5.99. The highest BCUT2D eigenvalue weighted by Crippen LogP contribution is 2.15. The van der Waals surface area contributed by atoms with Crippen LogP contribution >= 0.6 is 0 Å². The Bertz CT molecular complexity index is 612. The monoisotopic (exact) mass is 277 g/mol. The summed E-state index contributed by atoms with van der Waals surface area (Å²) in [6, 6.07) is 10.4. The number of amides is 1. The molecule has 2 rings (SSSR count). The van der Waals surface area contributed by atoms with Crippen molar-refractivity contribution >= 4 is 11.6 Å². The van der Waals surface area contributed by atoms with Crippen LogP contribution in [0.4, 0.5) is 14.5 Å². The molecule has 5 heteroatoms. The molecule has 0 aliphatic heterocycles. The molecular weight excluding hydrogens is 264 g/mol. The fourth-order valence-electron chi connectivity index (χ4n) is 1.55. The van der Waals surface area contributed by atoms with Gasteiger partial charge >= 0.3 is 0 Å². The van der Waals surface area contributed by atoms with E-state index in [0.29, 0.717) is 5.69 Å². The van der Waals surface area contributed by atoms with Crippen LogP contribution in [0.5, 0.6) is 5.75 Å². The molecule has 3 nitrogen and oxygen atoms in total. The second-order valence-corrected chi connectivity index (χ2v) is 4.28. The van der Waals surface area contributed by atoms with E-state index >= 15 is 0 Å². The lowest BCUT2D eigenvalue weighted by Crippen LogP contribution is -2.20. The van der Waals surface area contributed by atoms with Gasteiger partial charge in [-0.3, -0.25) is 4.79 Å². The number of hydrogen-bond acceptors (Lipinski definition) is 2. The predicted molar refractivity (Wildman–Crippen MR) is 71.7 cm³/mol. The van der Waals surface area contributed by atoms with Crippen molar-refractivity contribution in [2.24, 2.45) is 0 Å². The summed E-state index contributed by atoms with van der Waals surface area (Å²) in [4.78, 5) is 11.6. The van der Waals surface area contributed by atoms with Gasteiger partial charge in [0.25, 0.3) is 5.91 Å². The van der Waals surface area contributed by atoms with E-state index in [1.54, 1.807) is 12.1 Å². The molecule has 0 saturated carbocycles. The van der Waals surface area contributed by atoms with Crippen LogP contribution in [0.25, 0.3) is 0 Å². The summed E-state index contributed by atoms with van der Waals surface area (Å²) >= 11 is 0. The first-order valence-corrected chi connectivity index (χ1v) is 5.99. The number of anilines is 1. The number of nitrogens with one attached hydrogen (secondary N) is 1. The Balaban J connectivity index is 1.88. The van der Waals surface area contributed by atoms with Crippen LogP contribution in [-0.2, 0) is 4.79 Å².